The molecule has 1 unspecified atom stereocenters. The summed E-state index contributed by atoms with van der Waals surface area (Å²) in [5, 5.41) is 0. The quantitative estimate of drug-likeness (QED) is 0.243. The van der Waals surface area contributed by atoms with Gasteiger partial charge in [0, 0.05) is 0 Å². The average Bonchev–Trinajstić information content (AvgIpc) is 3.28. The van der Waals surface area contributed by atoms with Gasteiger partial charge in [-0.2, -0.15) is 4.98 Å². The summed E-state index contributed by atoms with van der Waals surface area (Å²) < 4.78 is 42.0. The zero-order chi connectivity index (χ0) is 30.5. The number of fused-ring (bicyclic) bond motifs is 1. The van der Waals surface area contributed by atoms with Crippen LogP contribution in [0.3, 0.4) is 0 Å². The Balaban J connectivity index is 2.24. The van der Waals surface area contributed by atoms with Gasteiger partial charge < -0.3 is 26.9 Å². The fourth-order valence-corrected chi connectivity index (χ4v) is 8.52. The van der Waals surface area contributed by atoms with Crippen LogP contribution in [0.25, 0.3) is 11.5 Å². The summed E-state index contributed by atoms with van der Waals surface area (Å²) in [5.41, 5.74) is 0.588. The Morgan fingerprint density at radius 3 is 1.75 bits per heavy atom. The average molecular weight is 645 g/mol. The van der Waals surface area contributed by atoms with Crippen LogP contribution in [0.4, 0.5) is 0 Å². The first-order chi connectivity index (χ1) is 17.9. The van der Waals surface area contributed by atoms with Gasteiger partial charge in [-0.3, -0.25) is 0 Å². The fourth-order valence-electron chi connectivity index (χ4n) is 4.27. The van der Waals surface area contributed by atoms with E-state index in [1.165, 1.54) is 0 Å². The first kappa shape index (κ1) is 33.6. The zero-order valence-corrected chi connectivity index (χ0v) is 32.3. The molecule has 0 aromatic rings. The summed E-state index contributed by atoms with van der Waals surface area (Å²) in [6.07, 6.45) is -0.102. The van der Waals surface area contributed by atoms with E-state index >= 15 is 0 Å². The third kappa shape index (κ3) is 9.55. The highest BCUT2D eigenvalue weighted by molar-refractivity contribution is 6.71. The summed E-state index contributed by atoms with van der Waals surface area (Å²) in [5.74, 6) is 1.05. The molecule has 3 rings (SSSR count). The third-order valence-corrected chi connectivity index (χ3v) is 10.0. The Hall–Kier alpha value is -0.926. The molecule has 0 radical (unpaired) electrons. The summed E-state index contributed by atoms with van der Waals surface area (Å²) in [6, 6.07) is 0.410. The van der Waals surface area contributed by atoms with E-state index in [9.17, 15) is 0 Å². The monoisotopic (exact) mass is 644 g/mol. The van der Waals surface area contributed by atoms with Crippen molar-refractivity contribution in [2.24, 2.45) is 0 Å². The lowest BCUT2D eigenvalue weighted by Gasteiger charge is -2.35. The van der Waals surface area contributed by atoms with Crippen LogP contribution >= 0.6 is 0 Å². The lowest BCUT2D eigenvalue weighted by Crippen LogP contribution is -2.49. The molecule has 0 N–H and O–H groups in total. The van der Waals surface area contributed by atoms with Crippen molar-refractivity contribution in [2.45, 2.75) is 123 Å². The van der Waals surface area contributed by atoms with Crippen molar-refractivity contribution in [1.29, 1.82) is 0 Å². The van der Waals surface area contributed by atoms with E-state index in [0.717, 1.165) is 0 Å². The highest BCUT2D eigenvalue weighted by Crippen LogP contribution is 2.43. The summed E-state index contributed by atoms with van der Waals surface area (Å²) >= 11 is 0. The summed E-state index contributed by atoms with van der Waals surface area (Å²) in [4.78, 5) is 14.2. The molecule has 1 saturated heterocycles. The van der Waals surface area contributed by atoms with Crippen LogP contribution in [-0.4, -0.2) is 86.0 Å². The highest BCUT2D eigenvalue weighted by atomic mass is 28.4. The molecule has 0 aromatic carbocycles. The van der Waals surface area contributed by atoms with Crippen molar-refractivity contribution in [3.05, 3.63) is 6.33 Å². The maximum absolute atomic E-state index is 6.91. The van der Waals surface area contributed by atoms with Gasteiger partial charge in [-0.25, -0.2) is 14.5 Å². The first-order valence-electron chi connectivity index (χ1n) is 14.2. The molecule has 10 nitrogen and oxygen atoms in total. The van der Waals surface area contributed by atoms with Crippen molar-refractivity contribution in [3.8, 4) is 23.4 Å². The van der Waals surface area contributed by atoms with E-state index in [1.807, 2.05) is 4.57 Å². The molecule has 1 fully saturated rings. The van der Waals surface area contributed by atoms with Crippen LogP contribution in [0.5, 0.6) is 11.9 Å². The highest BCUT2D eigenvalue weighted by Gasteiger charge is 2.52. The largest absolute Gasteiger partial charge is 0.530 e. The Labute approximate surface area is 246 Å². The molecule has 228 valence electrons. The second kappa shape index (κ2) is 11.6. The second-order valence-electron chi connectivity index (χ2n) is 15.4. The molecule has 40 heavy (non-hydrogen) atoms. The zero-order valence-electron chi connectivity index (χ0n) is 27.3. The molecule has 0 aliphatic carbocycles. The van der Waals surface area contributed by atoms with Crippen molar-refractivity contribution in [2.75, 3.05) is 6.61 Å². The minimum atomic E-state index is -2.12. The standard InChI is InChI=1S/C25H52N4O6Si5/c1-36(2,3)30-16-18-20(32-37(4,5)6)21(33-38(7,8)9)24(31-18)29-22-19(26-17-27-22)23(34-39(10,11)12)28-25(29)35-40(13,14)15/h17-18,20-21,24H,16H2,1-15H3/t18-,20-,21-,24?/m0/s1. The molecule has 0 amide bonds. The van der Waals surface area contributed by atoms with Crippen molar-refractivity contribution in [1.82, 2.24) is 19.5 Å². The van der Waals surface area contributed by atoms with Gasteiger partial charge in [-0.1, -0.05) is 0 Å². The van der Waals surface area contributed by atoms with E-state index in [0.29, 0.717) is 30.0 Å². The number of hydrogen-bond donors (Lipinski definition) is 0. The Morgan fingerprint density at radius 1 is 0.700 bits per heavy atom. The summed E-state index contributed by atoms with van der Waals surface area (Å²) in [6.45, 7) is 32.9. The first-order valence-corrected chi connectivity index (χ1v) is 31.2. The molecule has 0 bridgehead atoms. The molecule has 0 aromatic heterocycles. The maximum atomic E-state index is 6.91. The van der Waals surface area contributed by atoms with Crippen molar-refractivity contribution in [3.63, 3.8) is 0 Å². The van der Waals surface area contributed by atoms with Crippen molar-refractivity contribution >= 4 is 41.6 Å². The van der Waals surface area contributed by atoms with Crippen LogP contribution in [0.15, 0.2) is 6.33 Å². The normalized spacial score (nSPS) is 23.2. The van der Waals surface area contributed by atoms with Crippen LogP contribution in [-0.2, 0) is 18.0 Å². The Bertz CT molecular complexity index is 1120. The fraction of sp³-hybridized carbons (Fsp3) is 0.800. The number of aromatic nitrogens is 4. The van der Waals surface area contributed by atoms with Crippen LogP contribution in [0, 0.1) is 0 Å². The number of rotatable bonds is 12. The third-order valence-electron chi connectivity index (χ3n) is 5.41. The number of imidazole rings is 1. The SMILES string of the molecule is C[Si](C)(C)OC[C@@H]1OC(n2c(O[Si](C)(C)C)nc(O[Si](C)(C)C)c3ncnc2-3)[C@@H](O[Si](C)(C)C)[C@H]1O[Si](C)(C)C. The Morgan fingerprint density at radius 2 is 1.25 bits per heavy atom. The molecule has 4 atom stereocenters. The maximum Gasteiger partial charge on any atom is 0.289 e. The van der Waals surface area contributed by atoms with Gasteiger partial charge in [0.15, 0.2) is 42.7 Å². The van der Waals surface area contributed by atoms with Crippen LogP contribution in [0.1, 0.15) is 6.23 Å². The van der Waals surface area contributed by atoms with E-state index in [1.54, 1.807) is 6.33 Å². The van der Waals surface area contributed by atoms with Gasteiger partial charge in [0.05, 0.1) is 6.61 Å². The van der Waals surface area contributed by atoms with E-state index in [2.05, 4.69) is 108 Å². The lowest BCUT2D eigenvalue weighted by atomic mass is 10.1. The molecular weight excluding hydrogens is 593 g/mol. The van der Waals surface area contributed by atoms with Crippen molar-refractivity contribution < 1.29 is 26.9 Å². The minimum Gasteiger partial charge on any atom is -0.530 e. The predicted octanol–water partition coefficient (Wildman–Crippen LogP) is 6.39. The van der Waals surface area contributed by atoms with E-state index < -0.39 is 53.9 Å². The summed E-state index contributed by atoms with van der Waals surface area (Å²) in [7, 11) is -10.00. The van der Waals surface area contributed by atoms with E-state index in [4.69, 9.17) is 31.9 Å². The molecule has 0 saturated carbocycles. The van der Waals surface area contributed by atoms with Gasteiger partial charge in [0.1, 0.15) is 24.6 Å². The van der Waals surface area contributed by atoms with Gasteiger partial charge >= 0.3 is 0 Å². The van der Waals surface area contributed by atoms with Gasteiger partial charge in [0.25, 0.3) is 6.01 Å². The second-order valence-corrected chi connectivity index (χ2v) is 37.7. The number of nitrogens with zero attached hydrogens (tertiary/aromatic N) is 4. The smallest absolute Gasteiger partial charge is 0.289 e. The Kier molecular flexibility index (Phi) is 9.76. The molecule has 3 aliphatic rings. The van der Waals surface area contributed by atoms with Gasteiger partial charge in [0.2, 0.25) is 22.5 Å². The molecular formula is C25H52N4O6Si5. The van der Waals surface area contributed by atoms with Crippen LogP contribution < -0.4 is 8.85 Å². The van der Waals surface area contributed by atoms with Gasteiger partial charge in [-0.15, -0.1) is 0 Å². The predicted molar refractivity (Wildman–Crippen MR) is 172 cm³/mol. The molecule has 0 spiro atoms. The van der Waals surface area contributed by atoms with Gasteiger partial charge in [-0.05, 0) is 98.2 Å². The topological polar surface area (TPSA) is 99.0 Å². The molecule has 3 aliphatic heterocycles. The van der Waals surface area contributed by atoms with E-state index in [-0.39, 0.29) is 12.2 Å². The minimum absolute atomic E-state index is 0.317. The number of hydrogen-bond acceptors (Lipinski definition) is 9. The lowest BCUT2D eigenvalue weighted by molar-refractivity contribution is -0.0497. The number of ether oxygens (including phenoxy) is 1. The molecule has 15 heteroatoms. The molecule has 3 heterocycles. The van der Waals surface area contributed by atoms with Crippen LogP contribution in [0.2, 0.25) is 98.2 Å².